The molecular formula is C26H24N2O6S. The zero-order chi connectivity index (χ0) is 24.8. The Labute approximate surface area is 202 Å². The number of carbonyl (C=O) groups excluding carboxylic acids is 2. The van der Waals surface area contributed by atoms with Gasteiger partial charge in [-0.15, -0.1) is 0 Å². The molecule has 4 aromatic rings. The summed E-state index contributed by atoms with van der Waals surface area (Å²) < 4.78 is 36.0. The summed E-state index contributed by atoms with van der Waals surface area (Å²) in [6, 6.07) is 23.9. The summed E-state index contributed by atoms with van der Waals surface area (Å²) in [6.45, 7) is -0.182. The molecule has 0 saturated heterocycles. The van der Waals surface area contributed by atoms with Crippen molar-refractivity contribution in [2.75, 3.05) is 17.6 Å². The van der Waals surface area contributed by atoms with E-state index in [4.69, 9.17) is 8.97 Å². The molecule has 0 aliphatic rings. The third kappa shape index (κ3) is 6.78. The van der Waals surface area contributed by atoms with Crippen LogP contribution in [0.4, 0.5) is 5.69 Å². The summed E-state index contributed by atoms with van der Waals surface area (Å²) in [5, 5.41) is 6.34. The van der Waals surface area contributed by atoms with Gasteiger partial charge in [-0.05, 0) is 60.5 Å². The molecule has 0 unspecified atom stereocenters. The Morgan fingerprint density at radius 1 is 0.914 bits per heavy atom. The number of benzene rings is 3. The van der Waals surface area contributed by atoms with Crippen LogP contribution < -0.4 is 10.6 Å². The Balaban J connectivity index is 1.26. The van der Waals surface area contributed by atoms with Gasteiger partial charge in [0.05, 0.1) is 5.75 Å². The lowest BCUT2D eigenvalue weighted by Gasteiger charge is -2.07. The zero-order valence-corrected chi connectivity index (χ0v) is 19.5. The smallest absolute Gasteiger partial charge is 0.266 e. The molecule has 4 rings (SSSR count). The van der Waals surface area contributed by atoms with Gasteiger partial charge in [0.1, 0.15) is 11.3 Å². The lowest BCUT2D eigenvalue weighted by Crippen LogP contribution is -2.28. The number of hydrogen-bond donors (Lipinski definition) is 3. The molecule has 2 amide bonds. The van der Waals surface area contributed by atoms with Crippen LogP contribution in [-0.2, 0) is 21.3 Å². The van der Waals surface area contributed by atoms with E-state index in [1.165, 1.54) is 0 Å². The fraction of sp³-hybridized carbons (Fsp3) is 0.154. The molecule has 0 saturated carbocycles. The molecule has 9 heteroatoms. The van der Waals surface area contributed by atoms with E-state index < -0.39 is 21.8 Å². The van der Waals surface area contributed by atoms with Crippen molar-refractivity contribution in [1.82, 2.24) is 5.32 Å². The van der Waals surface area contributed by atoms with Crippen molar-refractivity contribution in [2.24, 2.45) is 0 Å². The third-order valence-electron chi connectivity index (χ3n) is 5.38. The first-order valence-electron chi connectivity index (χ1n) is 11.0. The van der Waals surface area contributed by atoms with E-state index in [0.29, 0.717) is 17.7 Å². The molecule has 0 aliphatic carbocycles. The van der Waals surface area contributed by atoms with Crippen LogP contribution in [0.2, 0.25) is 0 Å². The normalized spacial score (nSPS) is 11.3. The van der Waals surface area contributed by atoms with Crippen LogP contribution in [0.15, 0.2) is 83.3 Å². The van der Waals surface area contributed by atoms with E-state index in [9.17, 15) is 18.0 Å². The molecule has 3 aromatic carbocycles. The summed E-state index contributed by atoms with van der Waals surface area (Å²) in [7, 11) is -4.12. The number of amides is 2. The van der Waals surface area contributed by atoms with Crippen LogP contribution in [-0.4, -0.2) is 37.1 Å². The first kappa shape index (κ1) is 24.2. The molecule has 35 heavy (non-hydrogen) atoms. The van der Waals surface area contributed by atoms with Crippen LogP contribution >= 0.6 is 0 Å². The van der Waals surface area contributed by atoms with E-state index >= 15 is 0 Å². The Morgan fingerprint density at radius 3 is 2.31 bits per heavy atom. The molecule has 0 aliphatic heterocycles. The third-order valence-corrected chi connectivity index (χ3v) is 6.10. The first-order chi connectivity index (χ1) is 16.8. The molecular weight excluding hydrogens is 468 g/mol. The minimum atomic E-state index is -4.12. The summed E-state index contributed by atoms with van der Waals surface area (Å²) in [5.41, 5.74) is 3.67. The number of anilines is 1. The lowest BCUT2D eigenvalue weighted by molar-refractivity contribution is -0.116. The van der Waals surface area contributed by atoms with Gasteiger partial charge in [0.2, 0.25) is 5.91 Å². The fourth-order valence-corrected chi connectivity index (χ4v) is 3.90. The number of furan rings is 1. The van der Waals surface area contributed by atoms with Crippen LogP contribution in [0.25, 0.3) is 22.3 Å². The van der Waals surface area contributed by atoms with Crippen LogP contribution in [0.5, 0.6) is 0 Å². The molecule has 0 radical (unpaired) electrons. The predicted octanol–water partition coefficient (Wildman–Crippen LogP) is 4.29. The quantitative estimate of drug-likeness (QED) is 0.299. The molecule has 3 N–H and O–H groups in total. The number of para-hydroxylation sites is 1. The topological polar surface area (TPSA) is 126 Å². The van der Waals surface area contributed by atoms with E-state index in [1.807, 2.05) is 54.6 Å². The molecule has 0 fully saturated rings. The van der Waals surface area contributed by atoms with Gasteiger partial charge < -0.3 is 15.1 Å². The van der Waals surface area contributed by atoms with Gasteiger partial charge in [0.25, 0.3) is 16.0 Å². The summed E-state index contributed by atoms with van der Waals surface area (Å²) >= 11 is 0. The van der Waals surface area contributed by atoms with E-state index in [0.717, 1.165) is 27.9 Å². The average Bonchev–Trinajstić information content (AvgIpc) is 3.27. The van der Waals surface area contributed by atoms with Gasteiger partial charge in [-0.2, -0.15) is 8.42 Å². The summed E-state index contributed by atoms with van der Waals surface area (Å²) in [4.78, 5) is 24.4. The lowest BCUT2D eigenvalue weighted by atomic mass is 10.1. The number of aryl methyl sites for hydroxylation is 1. The monoisotopic (exact) mass is 492 g/mol. The SMILES string of the molecule is O=C(CCc1ccc(C(=O)NCCS(=O)(=O)O)cc1)Nc1ccc(-c2cc3ccccc3o2)cc1. The fourth-order valence-electron chi connectivity index (χ4n) is 3.54. The Morgan fingerprint density at radius 2 is 1.63 bits per heavy atom. The van der Waals surface area contributed by atoms with Crippen LogP contribution in [0.1, 0.15) is 22.3 Å². The Kier molecular flexibility index (Phi) is 7.28. The van der Waals surface area contributed by atoms with Gasteiger partial charge in [0.15, 0.2) is 0 Å². The number of carbonyl (C=O) groups is 2. The van der Waals surface area contributed by atoms with Crippen molar-refractivity contribution in [1.29, 1.82) is 0 Å². The highest BCUT2D eigenvalue weighted by molar-refractivity contribution is 7.85. The second-order valence-electron chi connectivity index (χ2n) is 8.01. The van der Waals surface area contributed by atoms with Crippen LogP contribution in [0, 0.1) is 0 Å². The van der Waals surface area contributed by atoms with Gasteiger partial charge >= 0.3 is 0 Å². The van der Waals surface area contributed by atoms with Crippen molar-refractivity contribution in [3.63, 3.8) is 0 Å². The molecule has 8 nitrogen and oxygen atoms in total. The Hall–Kier alpha value is -3.95. The van der Waals surface area contributed by atoms with E-state index in [1.54, 1.807) is 24.3 Å². The van der Waals surface area contributed by atoms with Crippen molar-refractivity contribution >= 4 is 38.6 Å². The van der Waals surface area contributed by atoms with Crippen molar-refractivity contribution < 1.29 is 27.0 Å². The van der Waals surface area contributed by atoms with Gasteiger partial charge in [0, 0.05) is 35.2 Å². The van der Waals surface area contributed by atoms with Gasteiger partial charge in [-0.3, -0.25) is 14.1 Å². The molecule has 0 atom stereocenters. The maximum absolute atomic E-state index is 12.4. The maximum Gasteiger partial charge on any atom is 0.266 e. The highest BCUT2D eigenvalue weighted by atomic mass is 32.2. The minimum absolute atomic E-state index is 0.131. The van der Waals surface area contributed by atoms with Crippen molar-refractivity contribution in [3.05, 3.63) is 90.0 Å². The number of nitrogens with one attached hydrogen (secondary N) is 2. The maximum atomic E-state index is 12.4. The highest BCUT2D eigenvalue weighted by Crippen LogP contribution is 2.28. The predicted molar refractivity (Wildman–Crippen MR) is 134 cm³/mol. The Bertz CT molecular complexity index is 1410. The standard InChI is InChI=1S/C26H24N2O6S/c29-25(14-7-18-5-8-20(9-6-18)26(30)27-15-16-35(31,32)33)28-22-12-10-19(11-13-22)24-17-21-3-1-2-4-23(21)34-24/h1-6,8-13,17H,7,14-16H2,(H,27,30)(H,28,29)(H,31,32,33). The second kappa shape index (κ2) is 10.5. The zero-order valence-electron chi connectivity index (χ0n) is 18.7. The molecule has 1 aromatic heterocycles. The average molecular weight is 493 g/mol. The van der Waals surface area contributed by atoms with E-state index in [2.05, 4.69) is 10.6 Å². The minimum Gasteiger partial charge on any atom is -0.456 e. The second-order valence-corrected chi connectivity index (χ2v) is 9.58. The van der Waals surface area contributed by atoms with Crippen molar-refractivity contribution in [3.8, 4) is 11.3 Å². The number of hydrogen-bond acceptors (Lipinski definition) is 5. The van der Waals surface area contributed by atoms with Gasteiger partial charge in [-0.25, -0.2) is 0 Å². The van der Waals surface area contributed by atoms with Crippen molar-refractivity contribution in [2.45, 2.75) is 12.8 Å². The number of fused-ring (bicyclic) bond motifs is 1. The van der Waals surface area contributed by atoms with E-state index in [-0.39, 0.29) is 18.9 Å². The summed E-state index contributed by atoms with van der Waals surface area (Å²) in [5.74, 6) is -0.355. The summed E-state index contributed by atoms with van der Waals surface area (Å²) in [6.07, 6.45) is 0.763. The molecule has 0 spiro atoms. The highest BCUT2D eigenvalue weighted by Gasteiger charge is 2.10. The molecule has 180 valence electrons. The first-order valence-corrected chi connectivity index (χ1v) is 12.6. The largest absolute Gasteiger partial charge is 0.456 e. The van der Waals surface area contributed by atoms with Gasteiger partial charge in [-0.1, -0.05) is 30.3 Å². The number of rotatable bonds is 9. The van der Waals surface area contributed by atoms with Crippen LogP contribution in [0.3, 0.4) is 0 Å². The molecule has 0 bridgehead atoms. The molecule has 1 heterocycles.